The number of anilines is 1. The van der Waals surface area contributed by atoms with E-state index >= 15 is 0 Å². The number of carbonyl (C=O) groups excluding carboxylic acids is 2. The average molecular weight is 381 g/mol. The lowest BCUT2D eigenvalue weighted by atomic mass is 10.1. The van der Waals surface area contributed by atoms with Gasteiger partial charge in [-0.2, -0.15) is 8.78 Å². The van der Waals surface area contributed by atoms with E-state index in [2.05, 4.69) is 5.32 Å². The Kier molecular flexibility index (Phi) is 6.04. The SMILES string of the molecule is COc1cc(C(=O)N(C)C)cc(NC(=O)c2ccc(C)n2C(F)F)c1OC. The number of rotatable bonds is 6. The van der Waals surface area contributed by atoms with Gasteiger partial charge < -0.3 is 19.7 Å². The van der Waals surface area contributed by atoms with E-state index in [9.17, 15) is 18.4 Å². The van der Waals surface area contributed by atoms with Crippen LogP contribution in [0.2, 0.25) is 0 Å². The summed E-state index contributed by atoms with van der Waals surface area (Å²) < 4.78 is 37.6. The minimum absolute atomic E-state index is 0.131. The van der Waals surface area contributed by atoms with Gasteiger partial charge in [0.2, 0.25) is 0 Å². The van der Waals surface area contributed by atoms with Gasteiger partial charge in [0.05, 0.1) is 19.9 Å². The highest BCUT2D eigenvalue weighted by Gasteiger charge is 2.23. The van der Waals surface area contributed by atoms with Gasteiger partial charge in [-0.15, -0.1) is 0 Å². The highest BCUT2D eigenvalue weighted by molar-refractivity contribution is 6.05. The van der Waals surface area contributed by atoms with Crippen LogP contribution in [0.25, 0.3) is 0 Å². The Morgan fingerprint density at radius 2 is 1.81 bits per heavy atom. The van der Waals surface area contributed by atoms with Crippen LogP contribution in [0, 0.1) is 6.92 Å². The molecule has 0 fully saturated rings. The minimum Gasteiger partial charge on any atom is -0.493 e. The summed E-state index contributed by atoms with van der Waals surface area (Å²) >= 11 is 0. The zero-order valence-corrected chi connectivity index (χ0v) is 15.7. The van der Waals surface area contributed by atoms with E-state index in [4.69, 9.17) is 9.47 Å². The average Bonchev–Trinajstić information content (AvgIpc) is 3.02. The van der Waals surface area contributed by atoms with Gasteiger partial charge >= 0.3 is 6.55 Å². The van der Waals surface area contributed by atoms with Gasteiger partial charge in [0.15, 0.2) is 11.5 Å². The normalized spacial score (nSPS) is 10.7. The van der Waals surface area contributed by atoms with Crippen molar-refractivity contribution in [1.82, 2.24) is 9.47 Å². The molecule has 146 valence electrons. The van der Waals surface area contributed by atoms with Crippen molar-refractivity contribution in [3.8, 4) is 11.5 Å². The van der Waals surface area contributed by atoms with Crippen LogP contribution in [0.15, 0.2) is 24.3 Å². The van der Waals surface area contributed by atoms with Gasteiger partial charge in [-0.1, -0.05) is 0 Å². The Labute approximate surface area is 155 Å². The maximum absolute atomic E-state index is 13.2. The third kappa shape index (κ3) is 4.02. The van der Waals surface area contributed by atoms with Crippen LogP contribution >= 0.6 is 0 Å². The third-order valence-electron chi connectivity index (χ3n) is 3.93. The summed E-state index contributed by atoms with van der Waals surface area (Å²) in [5, 5.41) is 2.53. The highest BCUT2D eigenvalue weighted by atomic mass is 19.3. The Morgan fingerprint density at radius 1 is 1.15 bits per heavy atom. The fraction of sp³-hybridized carbons (Fsp3) is 0.333. The van der Waals surface area contributed by atoms with Crippen molar-refractivity contribution >= 4 is 17.5 Å². The lowest BCUT2D eigenvalue weighted by Crippen LogP contribution is -2.23. The number of nitrogens with one attached hydrogen (secondary N) is 1. The van der Waals surface area contributed by atoms with E-state index in [1.165, 1.54) is 50.3 Å². The molecule has 9 heteroatoms. The lowest BCUT2D eigenvalue weighted by Gasteiger charge is -2.18. The Hall–Kier alpha value is -3.10. The molecule has 0 aliphatic carbocycles. The van der Waals surface area contributed by atoms with Crippen molar-refractivity contribution in [3.05, 3.63) is 41.2 Å². The first kappa shape index (κ1) is 20.2. The molecule has 1 aromatic carbocycles. The van der Waals surface area contributed by atoms with Crippen molar-refractivity contribution in [2.45, 2.75) is 13.5 Å². The predicted octanol–water partition coefficient (Wildman–Crippen LogP) is 3.16. The fourth-order valence-corrected chi connectivity index (χ4v) is 2.62. The van der Waals surface area contributed by atoms with Gasteiger partial charge in [-0.05, 0) is 31.2 Å². The van der Waals surface area contributed by atoms with Crippen LogP contribution in [-0.2, 0) is 0 Å². The van der Waals surface area contributed by atoms with Crippen molar-refractivity contribution in [2.24, 2.45) is 0 Å². The van der Waals surface area contributed by atoms with Gasteiger partial charge in [-0.25, -0.2) is 0 Å². The number of methoxy groups -OCH3 is 2. The predicted molar refractivity (Wildman–Crippen MR) is 95.9 cm³/mol. The van der Waals surface area contributed by atoms with Crippen LogP contribution in [0.5, 0.6) is 11.5 Å². The summed E-state index contributed by atoms with van der Waals surface area (Å²) in [5.41, 5.74) is 0.407. The van der Waals surface area contributed by atoms with E-state index in [1.807, 2.05) is 0 Å². The molecule has 2 aromatic rings. The molecular weight excluding hydrogens is 360 g/mol. The lowest BCUT2D eigenvalue weighted by molar-refractivity contribution is 0.0632. The van der Waals surface area contributed by atoms with Crippen LogP contribution in [-0.4, -0.2) is 49.6 Å². The summed E-state index contributed by atoms with van der Waals surface area (Å²) in [7, 11) is 5.91. The molecule has 2 amide bonds. The molecule has 0 unspecified atom stereocenters. The number of ether oxygens (including phenoxy) is 2. The Bertz CT molecular complexity index is 863. The first-order valence-electron chi connectivity index (χ1n) is 7.96. The van der Waals surface area contributed by atoms with E-state index < -0.39 is 12.5 Å². The summed E-state index contributed by atoms with van der Waals surface area (Å²) in [6.07, 6.45) is 0. The zero-order chi connectivity index (χ0) is 20.3. The minimum atomic E-state index is -2.86. The topological polar surface area (TPSA) is 72.8 Å². The first-order valence-corrected chi connectivity index (χ1v) is 7.96. The largest absolute Gasteiger partial charge is 0.493 e. The second-order valence-electron chi connectivity index (χ2n) is 5.92. The van der Waals surface area contributed by atoms with Crippen LogP contribution in [0.4, 0.5) is 14.5 Å². The number of alkyl halides is 2. The number of carbonyl (C=O) groups is 2. The van der Waals surface area contributed by atoms with Crippen LogP contribution < -0.4 is 14.8 Å². The fourth-order valence-electron chi connectivity index (χ4n) is 2.62. The smallest absolute Gasteiger partial charge is 0.319 e. The summed E-state index contributed by atoms with van der Waals surface area (Å²) in [6, 6.07) is 5.60. The molecule has 0 saturated heterocycles. The monoisotopic (exact) mass is 381 g/mol. The first-order chi connectivity index (χ1) is 12.7. The molecule has 0 aliphatic rings. The zero-order valence-electron chi connectivity index (χ0n) is 15.7. The molecule has 0 spiro atoms. The third-order valence-corrected chi connectivity index (χ3v) is 3.93. The molecule has 1 heterocycles. The molecule has 0 radical (unpaired) electrons. The van der Waals surface area contributed by atoms with Crippen LogP contribution in [0.1, 0.15) is 33.1 Å². The maximum Gasteiger partial charge on any atom is 0.319 e. The number of hydrogen-bond donors (Lipinski definition) is 1. The van der Waals surface area contributed by atoms with E-state index in [-0.39, 0.29) is 40.0 Å². The van der Waals surface area contributed by atoms with Gasteiger partial charge in [0.25, 0.3) is 11.8 Å². The van der Waals surface area contributed by atoms with E-state index in [0.717, 1.165) is 0 Å². The van der Waals surface area contributed by atoms with Crippen molar-refractivity contribution < 1.29 is 27.8 Å². The second-order valence-corrected chi connectivity index (χ2v) is 5.92. The molecule has 0 bridgehead atoms. The van der Waals surface area contributed by atoms with Gasteiger partial charge in [-0.3, -0.25) is 14.2 Å². The summed E-state index contributed by atoms with van der Waals surface area (Å²) in [4.78, 5) is 26.2. The second kappa shape index (κ2) is 8.07. The van der Waals surface area contributed by atoms with E-state index in [0.29, 0.717) is 4.57 Å². The number of aryl methyl sites for hydroxylation is 1. The van der Waals surface area contributed by atoms with Crippen LogP contribution in [0.3, 0.4) is 0 Å². The quantitative estimate of drug-likeness (QED) is 0.834. The Balaban J connectivity index is 2.49. The number of hydrogen-bond acceptors (Lipinski definition) is 4. The molecule has 2 rings (SSSR count). The number of benzene rings is 1. The molecular formula is C18H21F2N3O4. The maximum atomic E-state index is 13.2. The van der Waals surface area contributed by atoms with Gasteiger partial charge in [0, 0.05) is 25.4 Å². The molecule has 1 aromatic heterocycles. The van der Waals surface area contributed by atoms with Crippen molar-refractivity contribution in [3.63, 3.8) is 0 Å². The number of nitrogens with zero attached hydrogens (tertiary/aromatic N) is 2. The van der Waals surface area contributed by atoms with Crippen molar-refractivity contribution in [2.75, 3.05) is 33.6 Å². The molecule has 0 aliphatic heterocycles. The summed E-state index contributed by atoms with van der Waals surface area (Å²) in [6.45, 7) is -1.39. The summed E-state index contributed by atoms with van der Waals surface area (Å²) in [5.74, 6) is -0.689. The molecule has 1 N–H and O–H groups in total. The van der Waals surface area contributed by atoms with Gasteiger partial charge in [0.1, 0.15) is 5.69 Å². The number of aromatic nitrogens is 1. The molecule has 0 atom stereocenters. The highest BCUT2D eigenvalue weighted by Crippen LogP contribution is 2.37. The Morgan fingerprint density at radius 3 is 2.33 bits per heavy atom. The molecule has 27 heavy (non-hydrogen) atoms. The van der Waals surface area contributed by atoms with Crippen molar-refractivity contribution in [1.29, 1.82) is 0 Å². The number of amides is 2. The van der Waals surface area contributed by atoms with E-state index in [1.54, 1.807) is 14.1 Å². The molecule has 7 nitrogen and oxygen atoms in total. The standard InChI is InChI=1S/C18H21F2N3O4/c1-10-6-7-13(23(10)18(19)20)16(24)21-12-8-11(17(25)22(2)3)9-14(26-4)15(12)27-5/h6-9,18H,1-5H3,(H,21,24). The molecule has 0 saturated carbocycles. The number of halogens is 2.